The SMILES string of the molecule is COc1ccc(CCC(=O)NCCOc2cccc(C)c2C)cc1C. The molecule has 0 saturated heterocycles. The van der Waals surface area contributed by atoms with Gasteiger partial charge >= 0.3 is 0 Å². The number of benzene rings is 2. The minimum Gasteiger partial charge on any atom is -0.496 e. The number of hydrogen-bond donors (Lipinski definition) is 1. The van der Waals surface area contributed by atoms with E-state index in [-0.39, 0.29) is 5.91 Å². The fourth-order valence-corrected chi connectivity index (χ4v) is 2.67. The van der Waals surface area contributed by atoms with Crippen molar-refractivity contribution in [2.75, 3.05) is 20.3 Å². The zero-order chi connectivity index (χ0) is 18.2. The minimum absolute atomic E-state index is 0.0398. The van der Waals surface area contributed by atoms with Gasteiger partial charge in [-0.05, 0) is 61.6 Å². The standard InChI is InChI=1S/C21H27NO3/c1-15-6-5-7-20(17(15)3)25-13-12-22-21(23)11-9-18-8-10-19(24-4)16(2)14-18/h5-8,10,14H,9,11-13H2,1-4H3,(H,22,23). The molecule has 0 aromatic heterocycles. The number of aryl methyl sites for hydroxylation is 3. The van der Waals surface area contributed by atoms with Gasteiger partial charge in [-0.3, -0.25) is 4.79 Å². The molecule has 0 radical (unpaired) electrons. The lowest BCUT2D eigenvalue weighted by molar-refractivity contribution is -0.121. The van der Waals surface area contributed by atoms with Crippen LogP contribution in [-0.4, -0.2) is 26.2 Å². The van der Waals surface area contributed by atoms with Crippen molar-refractivity contribution < 1.29 is 14.3 Å². The summed E-state index contributed by atoms with van der Waals surface area (Å²) in [5, 5.41) is 2.91. The Labute approximate surface area is 150 Å². The molecule has 0 aliphatic rings. The van der Waals surface area contributed by atoms with Gasteiger partial charge in [-0.2, -0.15) is 0 Å². The largest absolute Gasteiger partial charge is 0.496 e. The number of amides is 1. The molecule has 0 bridgehead atoms. The van der Waals surface area contributed by atoms with Gasteiger partial charge in [-0.15, -0.1) is 0 Å². The van der Waals surface area contributed by atoms with Gasteiger partial charge < -0.3 is 14.8 Å². The van der Waals surface area contributed by atoms with Gasteiger partial charge in [-0.1, -0.05) is 24.3 Å². The van der Waals surface area contributed by atoms with Gasteiger partial charge in [-0.25, -0.2) is 0 Å². The average molecular weight is 341 g/mol. The predicted molar refractivity (Wildman–Crippen MR) is 100 cm³/mol. The van der Waals surface area contributed by atoms with E-state index in [1.165, 1.54) is 5.56 Å². The lowest BCUT2D eigenvalue weighted by atomic mass is 10.1. The topological polar surface area (TPSA) is 47.6 Å². The van der Waals surface area contributed by atoms with E-state index in [0.717, 1.165) is 28.2 Å². The molecule has 0 fully saturated rings. The number of carbonyl (C=O) groups is 1. The minimum atomic E-state index is 0.0398. The maximum absolute atomic E-state index is 12.0. The summed E-state index contributed by atoms with van der Waals surface area (Å²) in [4.78, 5) is 12.0. The summed E-state index contributed by atoms with van der Waals surface area (Å²) >= 11 is 0. The smallest absolute Gasteiger partial charge is 0.220 e. The predicted octanol–water partition coefficient (Wildman–Crippen LogP) is 3.75. The quantitative estimate of drug-likeness (QED) is 0.744. The van der Waals surface area contributed by atoms with Crippen LogP contribution in [0.2, 0.25) is 0 Å². The van der Waals surface area contributed by atoms with Gasteiger partial charge in [0.25, 0.3) is 0 Å². The average Bonchev–Trinajstić information content (AvgIpc) is 2.60. The number of nitrogens with one attached hydrogen (secondary N) is 1. The number of hydrogen-bond acceptors (Lipinski definition) is 3. The van der Waals surface area contributed by atoms with E-state index in [4.69, 9.17) is 9.47 Å². The highest BCUT2D eigenvalue weighted by Gasteiger charge is 2.05. The van der Waals surface area contributed by atoms with Crippen molar-refractivity contribution in [2.45, 2.75) is 33.6 Å². The Bertz CT molecular complexity index is 725. The summed E-state index contributed by atoms with van der Waals surface area (Å²) < 4.78 is 11.0. The summed E-state index contributed by atoms with van der Waals surface area (Å²) in [6.07, 6.45) is 1.18. The van der Waals surface area contributed by atoms with E-state index in [2.05, 4.69) is 24.4 Å². The molecule has 25 heavy (non-hydrogen) atoms. The van der Waals surface area contributed by atoms with Crippen molar-refractivity contribution in [3.8, 4) is 11.5 Å². The van der Waals surface area contributed by atoms with Crippen molar-refractivity contribution in [3.63, 3.8) is 0 Å². The Kier molecular flexibility index (Phi) is 6.87. The van der Waals surface area contributed by atoms with Crippen LogP contribution in [0.3, 0.4) is 0 Å². The summed E-state index contributed by atoms with van der Waals surface area (Å²) in [5.74, 6) is 1.79. The maximum Gasteiger partial charge on any atom is 0.220 e. The normalized spacial score (nSPS) is 10.4. The highest BCUT2D eigenvalue weighted by Crippen LogP contribution is 2.20. The highest BCUT2D eigenvalue weighted by atomic mass is 16.5. The number of carbonyl (C=O) groups excluding carboxylic acids is 1. The first kappa shape index (κ1) is 18.8. The van der Waals surface area contributed by atoms with Crippen LogP contribution in [0.15, 0.2) is 36.4 Å². The Morgan fingerprint density at radius 2 is 1.84 bits per heavy atom. The lowest BCUT2D eigenvalue weighted by Gasteiger charge is -2.11. The van der Waals surface area contributed by atoms with Crippen LogP contribution in [0.25, 0.3) is 0 Å². The van der Waals surface area contributed by atoms with Crippen molar-refractivity contribution in [2.24, 2.45) is 0 Å². The fourth-order valence-electron chi connectivity index (χ4n) is 2.67. The van der Waals surface area contributed by atoms with E-state index < -0.39 is 0 Å². The third kappa shape index (κ3) is 5.52. The van der Waals surface area contributed by atoms with E-state index in [1.54, 1.807) is 7.11 Å². The molecule has 4 nitrogen and oxygen atoms in total. The van der Waals surface area contributed by atoms with Crippen molar-refractivity contribution in [3.05, 3.63) is 58.7 Å². The van der Waals surface area contributed by atoms with Crippen LogP contribution in [0.5, 0.6) is 11.5 Å². The monoisotopic (exact) mass is 341 g/mol. The molecule has 1 amide bonds. The highest BCUT2D eigenvalue weighted by molar-refractivity contribution is 5.76. The molecule has 1 N–H and O–H groups in total. The summed E-state index contributed by atoms with van der Waals surface area (Å²) in [7, 11) is 1.66. The van der Waals surface area contributed by atoms with E-state index in [1.807, 2.05) is 38.1 Å². The fraction of sp³-hybridized carbons (Fsp3) is 0.381. The molecule has 4 heteroatoms. The molecule has 0 saturated carbocycles. The number of methoxy groups -OCH3 is 1. The molecule has 0 aliphatic carbocycles. The lowest BCUT2D eigenvalue weighted by Crippen LogP contribution is -2.28. The zero-order valence-electron chi connectivity index (χ0n) is 15.5. The van der Waals surface area contributed by atoms with E-state index in [9.17, 15) is 4.79 Å². The van der Waals surface area contributed by atoms with Gasteiger partial charge in [0, 0.05) is 6.42 Å². The molecule has 134 valence electrons. The second-order valence-electron chi connectivity index (χ2n) is 6.20. The Balaban J connectivity index is 1.70. The second-order valence-corrected chi connectivity index (χ2v) is 6.20. The summed E-state index contributed by atoms with van der Waals surface area (Å²) in [5.41, 5.74) is 4.57. The molecular weight excluding hydrogens is 314 g/mol. The molecule has 0 heterocycles. The maximum atomic E-state index is 12.0. The molecule has 2 aromatic rings. The zero-order valence-corrected chi connectivity index (χ0v) is 15.5. The van der Waals surface area contributed by atoms with Crippen LogP contribution in [0, 0.1) is 20.8 Å². The Morgan fingerprint density at radius 3 is 2.56 bits per heavy atom. The van der Waals surface area contributed by atoms with Crippen LogP contribution in [-0.2, 0) is 11.2 Å². The van der Waals surface area contributed by atoms with Crippen LogP contribution in [0.4, 0.5) is 0 Å². The second kappa shape index (κ2) is 9.11. The molecule has 2 rings (SSSR count). The third-order valence-corrected chi connectivity index (χ3v) is 4.34. The van der Waals surface area contributed by atoms with Gasteiger partial charge in [0.15, 0.2) is 0 Å². The molecular formula is C21H27NO3. The van der Waals surface area contributed by atoms with Gasteiger partial charge in [0.1, 0.15) is 18.1 Å². The summed E-state index contributed by atoms with van der Waals surface area (Å²) in [6, 6.07) is 12.0. The first-order chi connectivity index (χ1) is 12.0. The van der Waals surface area contributed by atoms with Crippen molar-refractivity contribution >= 4 is 5.91 Å². The molecule has 0 atom stereocenters. The van der Waals surface area contributed by atoms with Gasteiger partial charge in [0.2, 0.25) is 5.91 Å². The van der Waals surface area contributed by atoms with Crippen molar-refractivity contribution in [1.82, 2.24) is 5.32 Å². The number of ether oxygens (including phenoxy) is 2. The summed E-state index contributed by atoms with van der Waals surface area (Å²) in [6.45, 7) is 7.09. The molecule has 0 spiro atoms. The van der Waals surface area contributed by atoms with E-state index >= 15 is 0 Å². The Hall–Kier alpha value is -2.49. The molecule has 2 aromatic carbocycles. The van der Waals surface area contributed by atoms with Crippen LogP contribution in [0.1, 0.15) is 28.7 Å². The van der Waals surface area contributed by atoms with Gasteiger partial charge in [0.05, 0.1) is 13.7 Å². The van der Waals surface area contributed by atoms with Crippen LogP contribution >= 0.6 is 0 Å². The van der Waals surface area contributed by atoms with Crippen LogP contribution < -0.4 is 14.8 Å². The molecule has 0 unspecified atom stereocenters. The van der Waals surface area contributed by atoms with E-state index in [0.29, 0.717) is 26.0 Å². The number of rotatable bonds is 8. The third-order valence-electron chi connectivity index (χ3n) is 4.34. The first-order valence-electron chi connectivity index (χ1n) is 8.60. The molecule has 0 aliphatic heterocycles. The Morgan fingerprint density at radius 1 is 1.04 bits per heavy atom. The first-order valence-corrected chi connectivity index (χ1v) is 8.60. The van der Waals surface area contributed by atoms with Crippen molar-refractivity contribution in [1.29, 1.82) is 0 Å².